The number of Topliss-reactive ketones (excluding diaryl/α,β-unsaturated/α-hetero) is 1. The number of anilines is 1. The van der Waals surface area contributed by atoms with E-state index in [9.17, 15) is 14.7 Å². The Bertz CT molecular complexity index is 1360. The predicted molar refractivity (Wildman–Crippen MR) is 130 cm³/mol. The van der Waals surface area contributed by atoms with Crippen LogP contribution in [0.5, 0.6) is 5.75 Å². The molecule has 1 aliphatic heterocycles. The minimum atomic E-state index is -1.12. The third-order valence-corrected chi connectivity index (χ3v) is 6.41. The zero-order valence-corrected chi connectivity index (χ0v) is 19.8. The molecule has 0 spiro atoms. The second-order valence-corrected chi connectivity index (χ2v) is 8.60. The zero-order chi connectivity index (χ0) is 24.7. The summed E-state index contributed by atoms with van der Waals surface area (Å²) in [5.74, 6) is -1.97. The summed E-state index contributed by atoms with van der Waals surface area (Å²) in [5.41, 5.74) is 4.17. The number of methoxy groups -OCH3 is 1. The van der Waals surface area contributed by atoms with Crippen molar-refractivity contribution >= 4 is 23.1 Å². The second kappa shape index (κ2) is 8.78. The third-order valence-electron chi connectivity index (χ3n) is 6.41. The molecule has 6 heteroatoms. The van der Waals surface area contributed by atoms with E-state index in [0.717, 1.165) is 16.7 Å². The number of ketones is 1. The SMILES string of the molecule is COc1cc(C)c(/C(O)=C2\C(=O)C(=O)N(c3ccc(C)c(C)c3)C2c2ccccc2F)cc1C. The van der Waals surface area contributed by atoms with Gasteiger partial charge in [0.05, 0.1) is 18.7 Å². The van der Waals surface area contributed by atoms with Crippen molar-refractivity contribution in [1.82, 2.24) is 0 Å². The Kier molecular flexibility index (Phi) is 6.00. The molecular weight excluding hydrogens is 433 g/mol. The van der Waals surface area contributed by atoms with Crippen LogP contribution in [0.25, 0.3) is 5.76 Å². The van der Waals surface area contributed by atoms with Crippen molar-refractivity contribution in [3.05, 3.63) is 99.4 Å². The van der Waals surface area contributed by atoms with Crippen molar-refractivity contribution in [3.63, 3.8) is 0 Å². The van der Waals surface area contributed by atoms with Gasteiger partial charge < -0.3 is 9.84 Å². The molecule has 1 atom stereocenters. The van der Waals surface area contributed by atoms with E-state index in [1.54, 1.807) is 44.4 Å². The molecule has 5 nitrogen and oxygen atoms in total. The van der Waals surface area contributed by atoms with Gasteiger partial charge in [0.25, 0.3) is 11.7 Å². The van der Waals surface area contributed by atoms with Crippen LogP contribution >= 0.6 is 0 Å². The van der Waals surface area contributed by atoms with Gasteiger partial charge in [0, 0.05) is 16.8 Å². The molecule has 0 saturated carbocycles. The van der Waals surface area contributed by atoms with E-state index >= 15 is 4.39 Å². The lowest BCUT2D eigenvalue weighted by molar-refractivity contribution is -0.132. The highest BCUT2D eigenvalue weighted by Crippen LogP contribution is 2.44. The molecule has 1 unspecified atom stereocenters. The smallest absolute Gasteiger partial charge is 0.300 e. The van der Waals surface area contributed by atoms with Crippen LogP contribution in [0.4, 0.5) is 10.1 Å². The number of hydrogen-bond donors (Lipinski definition) is 1. The van der Waals surface area contributed by atoms with Gasteiger partial charge in [-0.1, -0.05) is 24.3 Å². The number of halogens is 1. The van der Waals surface area contributed by atoms with Crippen LogP contribution < -0.4 is 9.64 Å². The Morgan fingerprint density at radius 1 is 0.912 bits per heavy atom. The summed E-state index contributed by atoms with van der Waals surface area (Å²) < 4.78 is 20.4. The monoisotopic (exact) mass is 459 g/mol. The summed E-state index contributed by atoms with van der Waals surface area (Å²) in [6.07, 6.45) is 0. The Morgan fingerprint density at radius 2 is 1.62 bits per heavy atom. The van der Waals surface area contributed by atoms with Crippen molar-refractivity contribution < 1.29 is 23.8 Å². The molecule has 1 N–H and O–H groups in total. The van der Waals surface area contributed by atoms with E-state index in [1.165, 1.54) is 23.1 Å². The number of nitrogens with zero attached hydrogens (tertiary/aromatic N) is 1. The predicted octanol–water partition coefficient (Wildman–Crippen LogP) is 5.69. The highest BCUT2D eigenvalue weighted by atomic mass is 19.1. The molecule has 3 aromatic carbocycles. The summed E-state index contributed by atoms with van der Waals surface area (Å²) in [4.78, 5) is 27.9. The standard InChI is InChI=1S/C28H26FNO4/c1-15-10-11-19(12-16(15)2)30-25(20-8-6-7-9-22(20)29)24(27(32)28(30)33)26(31)21-13-18(4)23(34-5)14-17(21)3/h6-14,25,31H,1-5H3/b26-24+. The number of hydrogen-bond acceptors (Lipinski definition) is 4. The number of benzene rings is 3. The van der Waals surface area contributed by atoms with Crippen LogP contribution in [-0.4, -0.2) is 23.9 Å². The largest absolute Gasteiger partial charge is 0.507 e. The van der Waals surface area contributed by atoms with Gasteiger partial charge >= 0.3 is 0 Å². The molecule has 1 fully saturated rings. The Balaban J connectivity index is 2.00. The van der Waals surface area contributed by atoms with Gasteiger partial charge in [-0.2, -0.15) is 0 Å². The molecule has 3 aromatic rings. The Hall–Kier alpha value is -3.93. The van der Waals surface area contributed by atoms with Gasteiger partial charge in [0.1, 0.15) is 17.3 Å². The minimum absolute atomic E-state index is 0.129. The molecule has 4 rings (SSSR count). The van der Waals surface area contributed by atoms with Gasteiger partial charge in [0.15, 0.2) is 0 Å². The first kappa shape index (κ1) is 23.2. The highest BCUT2D eigenvalue weighted by Gasteiger charge is 2.48. The fourth-order valence-electron chi connectivity index (χ4n) is 4.38. The number of carbonyl (C=O) groups is 2. The lowest BCUT2D eigenvalue weighted by atomic mass is 9.92. The number of rotatable bonds is 4. The molecule has 0 aliphatic carbocycles. The molecule has 0 bridgehead atoms. The van der Waals surface area contributed by atoms with Gasteiger partial charge in [0.2, 0.25) is 0 Å². The van der Waals surface area contributed by atoms with E-state index in [2.05, 4.69) is 0 Å². The first-order valence-electron chi connectivity index (χ1n) is 10.9. The van der Waals surface area contributed by atoms with Crippen molar-refractivity contribution in [1.29, 1.82) is 0 Å². The van der Waals surface area contributed by atoms with Crippen molar-refractivity contribution in [3.8, 4) is 5.75 Å². The summed E-state index contributed by atoms with van der Waals surface area (Å²) in [6, 6.07) is 13.7. The van der Waals surface area contributed by atoms with E-state index in [4.69, 9.17) is 4.74 Å². The Morgan fingerprint density at radius 3 is 2.26 bits per heavy atom. The molecular formula is C28H26FNO4. The molecule has 1 aliphatic rings. The summed E-state index contributed by atoms with van der Waals surface area (Å²) >= 11 is 0. The highest BCUT2D eigenvalue weighted by molar-refractivity contribution is 6.51. The van der Waals surface area contributed by atoms with Crippen LogP contribution in [-0.2, 0) is 9.59 Å². The van der Waals surface area contributed by atoms with E-state index in [0.29, 0.717) is 22.6 Å². The lowest BCUT2D eigenvalue weighted by Gasteiger charge is -2.26. The number of aryl methyl sites for hydroxylation is 4. The van der Waals surface area contributed by atoms with E-state index in [-0.39, 0.29) is 16.9 Å². The maximum absolute atomic E-state index is 15.0. The zero-order valence-electron chi connectivity index (χ0n) is 19.8. The maximum atomic E-state index is 15.0. The molecule has 0 aromatic heterocycles. The third kappa shape index (κ3) is 3.75. The quantitative estimate of drug-likeness (QED) is 0.309. The fourth-order valence-corrected chi connectivity index (χ4v) is 4.38. The number of carbonyl (C=O) groups excluding carboxylic acids is 2. The number of aliphatic hydroxyl groups is 1. The average Bonchev–Trinajstić information content (AvgIpc) is 3.07. The van der Waals surface area contributed by atoms with E-state index < -0.39 is 23.5 Å². The summed E-state index contributed by atoms with van der Waals surface area (Å²) in [6.45, 7) is 7.43. The van der Waals surface area contributed by atoms with E-state index in [1.807, 2.05) is 26.8 Å². The summed E-state index contributed by atoms with van der Waals surface area (Å²) in [5, 5.41) is 11.4. The van der Waals surface area contributed by atoms with Gasteiger partial charge in [-0.05, 0) is 80.3 Å². The first-order valence-corrected chi connectivity index (χ1v) is 10.9. The maximum Gasteiger partial charge on any atom is 0.300 e. The van der Waals surface area contributed by atoms with Crippen molar-refractivity contribution in [2.24, 2.45) is 0 Å². The molecule has 1 saturated heterocycles. The number of aliphatic hydroxyl groups excluding tert-OH is 1. The average molecular weight is 460 g/mol. The van der Waals surface area contributed by atoms with Crippen LogP contribution in [0.1, 0.15) is 39.4 Å². The first-order chi connectivity index (χ1) is 16.1. The normalized spacial score (nSPS) is 17.4. The molecule has 34 heavy (non-hydrogen) atoms. The van der Waals surface area contributed by atoms with Gasteiger partial charge in [-0.15, -0.1) is 0 Å². The fraction of sp³-hybridized carbons (Fsp3) is 0.214. The summed E-state index contributed by atoms with van der Waals surface area (Å²) in [7, 11) is 1.55. The number of ether oxygens (including phenoxy) is 1. The topological polar surface area (TPSA) is 66.8 Å². The van der Waals surface area contributed by atoms with Crippen LogP contribution in [0.2, 0.25) is 0 Å². The molecule has 1 heterocycles. The lowest BCUT2D eigenvalue weighted by Crippen LogP contribution is -2.30. The van der Waals surface area contributed by atoms with Crippen LogP contribution in [0, 0.1) is 33.5 Å². The van der Waals surface area contributed by atoms with Crippen molar-refractivity contribution in [2.45, 2.75) is 33.7 Å². The van der Waals surface area contributed by atoms with Gasteiger partial charge in [-0.3, -0.25) is 14.5 Å². The van der Waals surface area contributed by atoms with Crippen molar-refractivity contribution in [2.75, 3.05) is 12.0 Å². The van der Waals surface area contributed by atoms with Crippen LogP contribution in [0.3, 0.4) is 0 Å². The molecule has 174 valence electrons. The minimum Gasteiger partial charge on any atom is -0.507 e. The molecule has 0 radical (unpaired) electrons. The Labute approximate surface area is 198 Å². The van der Waals surface area contributed by atoms with Crippen LogP contribution in [0.15, 0.2) is 60.2 Å². The number of amides is 1. The molecule has 1 amide bonds. The second-order valence-electron chi connectivity index (χ2n) is 8.60. The van der Waals surface area contributed by atoms with Gasteiger partial charge in [-0.25, -0.2) is 4.39 Å².